The van der Waals surface area contributed by atoms with Crippen molar-refractivity contribution in [1.82, 2.24) is 0 Å². The van der Waals surface area contributed by atoms with Gasteiger partial charge in [-0.05, 0) is 37.1 Å². The molecule has 4 N–H and O–H groups in total. The zero-order valence-corrected chi connectivity index (χ0v) is 9.05. The normalized spacial score (nSPS) is 22.2. The molecular weight excluding hydrogens is 160 g/mol. The molecule has 2 nitrogen and oxygen atoms in total. The van der Waals surface area contributed by atoms with E-state index in [9.17, 15) is 0 Å². The zero-order valence-electron chi connectivity index (χ0n) is 9.05. The molecule has 0 aromatic heterocycles. The van der Waals surface area contributed by atoms with Gasteiger partial charge in [0, 0.05) is 6.04 Å². The summed E-state index contributed by atoms with van der Waals surface area (Å²) in [4.78, 5) is 0. The first kappa shape index (κ1) is 11.0. The van der Waals surface area contributed by atoms with Crippen molar-refractivity contribution in [1.29, 1.82) is 0 Å². The summed E-state index contributed by atoms with van der Waals surface area (Å²) in [6.07, 6.45) is 6.45. The fraction of sp³-hybridized carbons (Fsp3) is 1.00. The van der Waals surface area contributed by atoms with Gasteiger partial charge in [-0.25, -0.2) is 0 Å². The lowest BCUT2D eigenvalue weighted by atomic mass is 9.75. The van der Waals surface area contributed by atoms with Crippen LogP contribution in [0, 0.1) is 11.3 Å². The Morgan fingerprint density at radius 3 is 2.31 bits per heavy atom. The third kappa shape index (κ3) is 2.68. The van der Waals surface area contributed by atoms with E-state index >= 15 is 0 Å². The van der Waals surface area contributed by atoms with Gasteiger partial charge in [-0.1, -0.05) is 26.7 Å². The van der Waals surface area contributed by atoms with Crippen LogP contribution >= 0.6 is 0 Å². The van der Waals surface area contributed by atoms with Crippen LogP contribution in [0.1, 0.15) is 46.0 Å². The van der Waals surface area contributed by atoms with Crippen LogP contribution in [0.5, 0.6) is 0 Å². The Bertz CT molecular complexity index is 148. The van der Waals surface area contributed by atoms with E-state index in [4.69, 9.17) is 11.5 Å². The average molecular weight is 184 g/mol. The number of nitrogens with two attached hydrogens (primary N) is 2. The van der Waals surface area contributed by atoms with Crippen LogP contribution < -0.4 is 11.5 Å². The molecule has 78 valence electrons. The molecule has 0 spiro atoms. The molecule has 0 heterocycles. The maximum atomic E-state index is 6.29. The van der Waals surface area contributed by atoms with Crippen molar-refractivity contribution >= 4 is 0 Å². The van der Waals surface area contributed by atoms with E-state index in [1.807, 2.05) is 0 Å². The van der Waals surface area contributed by atoms with E-state index in [0.29, 0.717) is 6.04 Å². The summed E-state index contributed by atoms with van der Waals surface area (Å²) < 4.78 is 0. The van der Waals surface area contributed by atoms with Gasteiger partial charge in [0.2, 0.25) is 0 Å². The van der Waals surface area contributed by atoms with Crippen LogP contribution in [0.4, 0.5) is 0 Å². The molecule has 1 aliphatic rings. The second-order valence-corrected chi connectivity index (χ2v) is 5.10. The summed E-state index contributed by atoms with van der Waals surface area (Å²) in [6.45, 7) is 5.26. The van der Waals surface area contributed by atoms with Crippen LogP contribution in [0.3, 0.4) is 0 Å². The maximum absolute atomic E-state index is 6.29. The Balaban J connectivity index is 2.48. The van der Waals surface area contributed by atoms with E-state index in [2.05, 4.69) is 13.8 Å². The minimum absolute atomic E-state index is 0.226. The Morgan fingerprint density at radius 2 is 1.85 bits per heavy atom. The SMILES string of the molecule is CC(C)(CCN)C(N)C1CCCC1. The fourth-order valence-electron chi connectivity index (χ4n) is 2.49. The van der Waals surface area contributed by atoms with Crippen LogP contribution in [0.2, 0.25) is 0 Å². The molecule has 0 amide bonds. The lowest BCUT2D eigenvalue weighted by Crippen LogP contribution is -2.43. The lowest BCUT2D eigenvalue weighted by Gasteiger charge is -2.35. The Labute approximate surface area is 82.1 Å². The molecule has 0 aliphatic heterocycles. The third-order valence-electron chi connectivity index (χ3n) is 3.60. The molecule has 0 radical (unpaired) electrons. The first-order valence-corrected chi connectivity index (χ1v) is 5.53. The molecular formula is C11H24N2. The summed E-state index contributed by atoms with van der Waals surface area (Å²) in [7, 11) is 0. The average Bonchev–Trinajstić information content (AvgIpc) is 2.54. The largest absolute Gasteiger partial charge is 0.330 e. The topological polar surface area (TPSA) is 52.0 Å². The number of hydrogen-bond donors (Lipinski definition) is 2. The van der Waals surface area contributed by atoms with E-state index in [-0.39, 0.29) is 5.41 Å². The highest BCUT2D eigenvalue weighted by molar-refractivity contribution is 4.89. The van der Waals surface area contributed by atoms with Gasteiger partial charge in [-0.15, -0.1) is 0 Å². The summed E-state index contributed by atoms with van der Waals surface area (Å²) >= 11 is 0. The molecule has 0 saturated heterocycles. The van der Waals surface area contributed by atoms with Gasteiger partial charge in [-0.3, -0.25) is 0 Å². The van der Waals surface area contributed by atoms with Crippen LogP contribution in [0.25, 0.3) is 0 Å². The highest BCUT2D eigenvalue weighted by atomic mass is 14.7. The van der Waals surface area contributed by atoms with Gasteiger partial charge < -0.3 is 11.5 Å². The van der Waals surface area contributed by atoms with Crippen LogP contribution in [0.15, 0.2) is 0 Å². The Hall–Kier alpha value is -0.0800. The van der Waals surface area contributed by atoms with Gasteiger partial charge in [0.25, 0.3) is 0 Å². The summed E-state index contributed by atoms with van der Waals surface area (Å²) in [5.74, 6) is 0.751. The van der Waals surface area contributed by atoms with Gasteiger partial charge in [0.05, 0.1) is 0 Å². The van der Waals surface area contributed by atoms with E-state index in [1.165, 1.54) is 25.7 Å². The summed E-state index contributed by atoms with van der Waals surface area (Å²) in [5.41, 5.74) is 12.1. The van der Waals surface area contributed by atoms with Gasteiger partial charge in [-0.2, -0.15) is 0 Å². The first-order valence-electron chi connectivity index (χ1n) is 5.53. The van der Waals surface area contributed by atoms with Crippen molar-refractivity contribution in [2.45, 2.75) is 52.0 Å². The highest BCUT2D eigenvalue weighted by Crippen LogP contribution is 2.36. The van der Waals surface area contributed by atoms with Crippen molar-refractivity contribution in [2.75, 3.05) is 6.54 Å². The molecule has 2 heteroatoms. The molecule has 13 heavy (non-hydrogen) atoms. The van der Waals surface area contributed by atoms with E-state index < -0.39 is 0 Å². The quantitative estimate of drug-likeness (QED) is 0.701. The summed E-state index contributed by atoms with van der Waals surface area (Å²) in [5, 5.41) is 0. The molecule has 1 atom stereocenters. The zero-order chi connectivity index (χ0) is 9.90. The van der Waals surface area contributed by atoms with Crippen molar-refractivity contribution in [3.8, 4) is 0 Å². The second-order valence-electron chi connectivity index (χ2n) is 5.10. The predicted octanol–water partition coefficient (Wildman–Crippen LogP) is 1.88. The van der Waals surface area contributed by atoms with Crippen LogP contribution in [-0.4, -0.2) is 12.6 Å². The molecule has 1 aliphatic carbocycles. The standard InChI is InChI=1S/C11H24N2/c1-11(2,7-8-12)10(13)9-5-3-4-6-9/h9-10H,3-8,12-13H2,1-2H3. The van der Waals surface area contributed by atoms with Crippen molar-refractivity contribution in [2.24, 2.45) is 22.8 Å². The predicted molar refractivity (Wildman–Crippen MR) is 57.4 cm³/mol. The molecule has 1 saturated carbocycles. The van der Waals surface area contributed by atoms with Gasteiger partial charge >= 0.3 is 0 Å². The number of rotatable bonds is 4. The minimum atomic E-state index is 0.226. The summed E-state index contributed by atoms with van der Waals surface area (Å²) in [6, 6.07) is 0.346. The van der Waals surface area contributed by atoms with Crippen molar-refractivity contribution in [3.05, 3.63) is 0 Å². The highest BCUT2D eigenvalue weighted by Gasteiger charge is 2.33. The van der Waals surface area contributed by atoms with Crippen molar-refractivity contribution < 1.29 is 0 Å². The van der Waals surface area contributed by atoms with Crippen LogP contribution in [-0.2, 0) is 0 Å². The molecule has 1 fully saturated rings. The van der Waals surface area contributed by atoms with Crippen molar-refractivity contribution in [3.63, 3.8) is 0 Å². The first-order chi connectivity index (χ1) is 6.08. The fourth-order valence-corrected chi connectivity index (χ4v) is 2.49. The third-order valence-corrected chi connectivity index (χ3v) is 3.60. The van der Waals surface area contributed by atoms with E-state index in [0.717, 1.165) is 18.9 Å². The van der Waals surface area contributed by atoms with Gasteiger partial charge in [0.15, 0.2) is 0 Å². The number of hydrogen-bond acceptors (Lipinski definition) is 2. The monoisotopic (exact) mass is 184 g/mol. The molecule has 1 unspecified atom stereocenters. The molecule has 0 bridgehead atoms. The van der Waals surface area contributed by atoms with E-state index in [1.54, 1.807) is 0 Å². The second kappa shape index (κ2) is 4.43. The smallest absolute Gasteiger partial charge is 0.0119 e. The lowest BCUT2D eigenvalue weighted by molar-refractivity contribution is 0.203. The Kier molecular flexibility index (Phi) is 3.74. The van der Waals surface area contributed by atoms with Gasteiger partial charge in [0.1, 0.15) is 0 Å². The molecule has 0 aromatic rings. The minimum Gasteiger partial charge on any atom is -0.330 e. The maximum Gasteiger partial charge on any atom is 0.0119 e. The molecule has 1 rings (SSSR count). The molecule has 0 aromatic carbocycles. The Morgan fingerprint density at radius 1 is 1.31 bits per heavy atom.